The van der Waals surface area contributed by atoms with Gasteiger partial charge in [-0.1, -0.05) is 25.3 Å². The highest BCUT2D eigenvalue weighted by atomic mass is 16.5. The standard InChI is InChI=1S/C39H44N4O6/c1-48-39(47)28-11-15-32-34(23-28)43(24-36(45)46)38(37(32)26-6-3-2-4-7-26)27-9-13-31(14-10-27)49-25-29-22-30(42-19-5-8-35(42)44)12-16-33(29)41-20-17-40-18-21-41/h9-16,22-23,26,40H,2-8,17-21,24-25H2,1H3,(H,45,46). The van der Waals surface area contributed by atoms with Gasteiger partial charge < -0.3 is 34.3 Å². The molecule has 3 aromatic carbocycles. The fourth-order valence-corrected chi connectivity index (χ4v) is 7.90. The number of benzene rings is 3. The van der Waals surface area contributed by atoms with Gasteiger partial charge in [0, 0.05) is 61.5 Å². The molecule has 49 heavy (non-hydrogen) atoms. The molecule has 3 heterocycles. The number of ether oxygens (including phenoxy) is 2. The molecular weight excluding hydrogens is 620 g/mol. The highest BCUT2D eigenvalue weighted by molar-refractivity contribution is 5.99. The van der Waals surface area contributed by atoms with Crippen molar-refractivity contribution in [3.05, 3.63) is 77.4 Å². The summed E-state index contributed by atoms with van der Waals surface area (Å²) in [4.78, 5) is 41.5. The minimum absolute atomic E-state index is 0.159. The van der Waals surface area contributed by atoms with E-state index in [1.807, 2.05) is 45.9 Å². The van der Waals surface area contributed by atoms with Gasteiger partial charge in [0.15, 0.2) is 0 Å². The molecule has 0 atom stereocenters. The second-order valence-corrected chi connectivity index (χ2v) is 13.3. The van der Waals surface area contributed by atoms with Crippen LogP contribution in [0.1, 0.15) is 72.3 Å². The lowest BCUT2D eigenvalue weighted by Gasteiger charge is -2.32. The van der Waals surface area contributed by atoms with Gasteiger partial charge >= 0.3 is 11.9 Å². The fraction of sp³-hybridized carbons (Fsp3) is 0.410. The van der Waals surface area contributed by atoms with Gasteiger partial charge in [-0.15, -0.1) is 0 Å². The molecule has 0 spiro atoms. The summed E-state index contributed by atoms with van der Waals surface area (Å²) in [6, 6.07) is 19.6. The first-order valence-corrected chi connectivity index (χ1v) is 17.5. The zero-order chi connectivity index (χ0) is 33.9. The lowest BCUT2D eigenvalue weighted by Crippen LogP contribution is -2.44. The predicted octanol–water partition coefficient (Wildman–Crippen LogP) is 6.34. The van der Waals surface area contributed by atoms with Crippen molar-refractivity contribution in [2.75, 3.05) is 49.6 Å². The number of hydrogen-bond acceptors (Lipinski definition) is 7. The van der Waals surface area contributed by atoms with E-state index in [0.29, 0.717) is 30.3 Å². The number of hydrogen-bond donors (Lipinski definition) is 2. The Hall–Kier alpha value is -4.83. The zero-order valence-electron chi connectivity index (χ0n) is 28.1. The molecule has 2 N–H and O–H groups in total. The van der Waals surface area contributed by atoms with Gasteiger partial charge in [0.25, 0.3) is 0 Å². The molecule has 4 aromatic rings. The number of fused-ring (bicyclic) bond motifs is 1. The summed E-state index contributed by atoms with van der Waals surface area (Å²) < 4.78 is 13.2. The smallest absolute Gasteiger partial charge is 0.337 e. The number of piperazine rings is 1. The average molecular weight is 665 g/mol. The molecular formula is C39H44N4O6. The maximum atomic E-state index is 12.5. The number of carboxylic acid groups (broad SMARTS) is 1. The van der Waals surface area contributed by atoms with Gasteiger partial charge in [-0.3, -0.25) is 9.59 Å². The van der Waals surface area contributed by atoms with Crippen molar-refractivity contribution in [2.45, 2.75) is 64.0 Å². The molecule has 3 fully saturated rings. The molecule has 256 valence electrons. The summed E-state index contributed by atoms with van der Waals surface area (Å²) in [7, 11) is 1.35. The summed E-state index contributed by atoms with van der Waals surface area (Å²) in [5.41, 5.74) is 7.10. The molecule has 1 saturated carbocycles. The Kier molecular flexibility index (Phi) is 9.57. The lowest BCUT2D eigenvalue weighted by atomic mass is 9.82. The number of carboxylic acids is 1. The number of rotatable bonds is 10. The van der Waals surface area contributed by atoms with Gasteiger partial charge in [0.1, 0.15) is 18.9 Å². The molecule has 1 aliphatic carbocycles. The Morgan fingerprint density at radius 2 is 1.69 bits per heavy atom. The van der Waals surface area contributed by atoms with Crippen LogP contribution in [0.2, 0.25) is 0 Å². The van der Waals surface area contributed by atoms with E-state index in [4.69, 9.17) is 9.47 Å². The van der Waals surface area contributed by atoms with Crippen LogP contribution >= 0.6 is 0 Å². The maximum absolute atomic E-state index is 12.5. The third-order valence-corrected chi connectivity index (χ3v) is 10.3. The van der Waals surface area contributed by atoms with Crippen LogP contribution in [-0.4, -0.2) is 67.4 Å². The Morgan fingerprint density at radius 1 is 0.918 bits per heavy atom. The Balaban J connectivity index is 1.23. The van der Waals surface area contributed by atoms with E-state index in [1.54, 1.807) is 12.1 Å². The third kappa shape index (κ3) is 6.74. The number of aliphatic carboxylic acids is 1. The Labute approximate surface area is 286 Å². The van der Waals surface area contributed by atoms with E-state index in [-0.39, 0.29) is 12.5 Å². The SMILES string of the molecule is COC(=O)c1ccc2c(C3CCCCC3)c(-c3ccc(OCc4cc(N5CCCC5=O)ccc4N4CCNCC4)cc3)n(CC(=O)O)c2c1. The molecule has 10 nitrogen and oxygen atoms in total. The molecule has 10 heteroatoms. The van der Waals surface area contributed by atoms with E-state index in [0.717, 1.165) is 109 Å². The predicted molar refractivity (Wildman–Crippen MR) is 190 cm³/mol. The van der Waals surface area contributed by atoms with E-state index < -0.39 is 11.9 Å². The van der Waals surface area contributed by atoms with Crippen LogP contribution in [0.3, 0.4) is 0 Å². The first kappa shape index (κ1) is 32.7. The largest absolute Gasteiger partial charge is 0.489 e. The summed E-state index contributed by atoms with van der Waals surface area (Å²) in [6.45, 7) is 4.48. The van der Waals surface area contributed by atoms with Crippen molar-refractivity contribution >= 4 is 40.1 Å². The van der Waals surface area contributed by atoms with Gasteiger partial charge in [0.2, 0.25) is 5.91 Å². The van der Waals surface area contributed by atoms with Crippen molar-refractivity contribution in [2.24, 2.45) is 0 Å². The molecule has 2 aliphatic heterocycles. The molecule has 0 bridgehead atoms. The van der Waals surface area contributed by atoms with Gasteiger partial charge in [-0.05, 0) is 90.9 Å². The quantitative estimate of drug-likeness (QED) is 0.189. The van der Waals surface area contributed by atoms with Crippen molar-refractivity contribution in [3.63, 3.8) is 0 Å². The molecule has 2 saturated heterocycles. The number of nitrogens with zero attached hydrogens (tertiary/aromatic N) is 3. The van der Waals surface area contributed by atoms with Crippen molar-refractivity contribution < 1.29 is 29.0 Å². The van der Waals surface area contributed by atoms with E-state index in [2.05, 4.69) is 22.3 Å². The van der Waals surface area contributed by atoms with Crippen LogP contribution in [0.4, 0.5) is 11.4 Å². The van der Waals surface area contributed by atoms with Gasteiger partial charge in [0.05, 0.1) is 23.9 Å². The fourth-order valence-electron chi connectivity index (χ4n) is 7.90. The Bertz CT molecular complexity index is 1850. The number of esters is 1. The minimum Gasteiger partial charge on any atom is -0.489 e. The summed E-state index contributed by atoms with van der Waals surface area (Å²) in [6.07, 6.45) is 6.99. The van der Waals surface area contributed by atoms with Gasteiger partial charge in [-0.2, -0.15) is 0 Å². The molecule has 0 radical (unpaired) electrons. The van der Waals surface area contributed by atoms with Crippen molar-refractivity contribution in [1.29, 1.82) is 0 Å². The average Bonchev–Trinajstić information content (AvgIpc) is 3.71. The highest BCUT2D eigenvalue weighted by Gasteiger charge is 2.28. The lowest BCUT2D eigenvalue weighted by molar-refractivity contribution is -0.137. The second-order valence-electron chi connectivity index (χ2n) is 13.3. The molecule has 1 amide bonds. The number of methoxy groups -OCH3 is 1. The van der Waals surface area contributed by atoms with Crippen LogP contribution in [0.5, 0.6) is 5.75 Å². The number of amides is 1. The Morgan fingerprint density at radius 3 is 2.39 bits per heavy atom. The summed E-state index contributed by atoms with van der Waals surface area (Å²) >= 11 is 0. The molecule has 3 aliphatic rings. The second kappa shape index (κ2) is 14.3. The van der Waals surface area contributed by atoms with E-state index in [1.165, 1.54) is 13.5 Å². The first-order chi connectivity index (χ1) is 23.9. The van der Waals surface area contributed by atoms with Crippen LogP contribution in [0, 0.1) is 0 Å². The molecule has 1 aromatic heterocycles. The van der Waals surface area contributed by atoms with Gasteiger partial charge in [-0.25, -0.2) is 4.79 Å². The monoisotopic (exact) mass is 664 g/mol. The molecule has 7 rings (SSSR count). The number of carbonyl (C=O) groups excluding carboxylic acids is 2. The number of carbonyl (C=O) groups is 3. The van der Waals surface area contributed by atoms with Crippen LogP contribution in [0.15, 0.2) is 60.7 Å². The van der Waals surface area contributed by atoms with E-state index in [9.17, 15) is 19.5 Å². The number of anilines is 2. The van der Waals surface area contributed by atoms with Crippen molar-refractivity contribution in [3.8, 4) is 17.0 Å². The first-order valence-electron chi connectivity index (χ1n) is 17.5. The topological polar surface area (TPSA) is 113 Å². The van der Waals surface area contributed by atoms with Crippen LogP contribution in [0.25, 0.3) is 22.2 Å². The van der Waals surface area contributed by atoms with Crippen LogP contribution < -0.4 is 19.9 Å². The summed E-state index contributed by atoms with van der Waals surface area (Å²) in [5, 5.41) is 14.4. The van der Waals surface area contributed by atoms with Crippen molar-refractivity contribution in [1.82, 2.24) is 9.88 Å². The molecule has 0 unspecified atom stereocenters. The highest BCUT2D eigenvalue weighted by Crippen LogP contribution is 2.44. The normalized spacial score (nSPS) is 17.1. The number of nitrogens with one attached hydrogen (secondary N) is 1. The zero-order valence-corrected chi connectivity index (χ0v) is 28.1. The third-order valence-electron chi connectivity index (χ3n) is 10.3. The summed E-state index contributed by atoms with van der Waals surface area (Å²) in [5.74, 6) is -0.253. The number of aromatic nitrogens is 1. The minimum atomic E-state index is -0.949. The van der Waals surface area contributed by atoms with E-state index >= 15 is 0 Å². The van der Waals surface area contributed by atoms with Crippen LogP contribution in [-0.2, 0) is 27.5 Å². The maximum Gasteiger partial charge on any atom is 0.337 e.